The van der Waals surface area contributed by atoms with Gasteiger partial charge in [-0.05, 0) is 38.2 Å². The van der Waals surface area contributed by atoms with E-state index in [9.17, 15) is 0 Å². The zero-order chi connectivity index (χ0) is 14.7. The molecule has 0 unspecified atom stereocenters. The largest absolute Gasteiger partial charge is 0.455 e. The Kier molecular flexibility index (Phi) is 3.79. The number of para-hydroxylation sites is 1. The van der Waals surface area contributed by atoms with Gasteiger partial charge in [-0.1, -0.05) is 12.1 Å². The van der Waals surface area contributed by atoms with Gasteiger partial charge in [-0.3, -0.25) is 9.97 Å². The van der Waals surface area contributed by atoms with E-state index in [1.807, 2.05) is 56.4 Å². The van der Waals surface area contributed by atoms with Gasteiger partial charge in [0.25, 0.3) is 0 Å². The second-order valence-corrected chi connectivity index (χ2v) is 4.85. The lowest BCUT2D eigenvalue weighted by Crippen LogP contribution is -2.07. The first-order valence-electron chi connectivity index (χ1n) is 6.90. The summed E-state index contributed by atoms with van der Waals surface area (Å²) in [6.07, 6.45) is 1.76. The second-order valence-electron chi connectivity index (χ2n) is 4.85. The van der Waals surface area contributed by atoms with Crippen LogP contribution in [0.2, 0.25) is 0 Å². The van der Waals surface area contributed by atoms with E-state index < -0.39 is 0 Å². The first-order valence-corrected chi connectivity index (χ1v) is 6.90. The molecule has 0 saturated carbocycles. The Hall–Kier alpha value is -2.46. The Balaban J connectivity index is 2.09. The fourth-order valence-corrected chi connectivity index (χ4v) is 2.25. The van der Waals surface area contributed by atoms with Gasteiger partial charge in [0.1, 0.15) is 11.5 Å². The molecule has 3 rings (SSSR count). The summed E-state index contributed by atoms with van der Waals surface area (Å²) in [5, 5.41) is 4.12. The fourth-order valence-electron chi connectivity index (χ4n) is 2.25. The number of fused-ring (bicyclic) bond motifs is 1. The molecule has 0 saturated heterocycles. The molecule has 0 fully saturated rings. The molecule has 0 aliphatic heterocycles. The maximum atomic E-state index is 6.08. The maximum absolute atomic E-state index is 6.08. The second kappa shape index (κ2) is 5.89. The van der Waals surface area contributed by atoms with Gasteiger partial charge >= 0.3 is 0 Å². The zero-order valence-electron chi connectivity index (χ0n) is 12.1. The van der Waals surface area contributed by atoms with Crippen molar-refractivity contribution in [2.75, 3.05) is 7.05 Å². The van der Waals surface area contributed by atoms with Crippen LogP contribution in [0.3, 0.4) is 0 Å². The van der Waals surface area contributed by atoms with Crippen molar-refractivity contribution in [2.45, 2.75) is 13.5 Å². The predicted octanol–water partition coefficient (Wildman–Crippen LogP) is 3.45. The summed E-state index contributed by atoms with van der Waals surface area (Å²) in [6, 6.07) is 13.8. The Morgan fingerprint density at radius 2 is 1.95 bits per heavy atom. The first kappa shape index (κ1) is 13.5. The molecule has 3 aromatic rings. The average molecular weight is 279 g/mol. The van der Waals surface area contributed by atoms with E-state index in [1.165, 1.54) is 0 Å². The Morgan fingerprint density at radius 1 is 1.10 bits per heavy atom. The molecule has 4 nitrogen and oxygen atoms in total. The molecule has 0 atom stereocenters. The third kappa shape index (κ3) is 2.85. The molecule has 106 valence electrons. The van der Waals surface area contributed by atoms with Crippen molar-refractivity contribution < 1.29 is 4.74 Å². The van der Waals surface area contributed by atoms with E-state index in [0.717, 1.165) is 33.8 Å². The fraction of sp³-hybridized carbons (Fsp3) is 0.176. The number of aryl methyl sites for hydroxylation is 1. The van der Waals surface area contributed by atoms with Gasteiger partial charge in [-0.2, -0.15) is 0 Å². The molecule has 0 aliphatic carbocycles. The number of aromatic nitrogens is 2. The van der Waals surface area contributed by atoms with Crippen LogP contribution in [0.1, 0.15) is 11.4 Å². The number of hydrogen-bond donors (Lipinski definition) is 1. The molecule has 21 heavy (non-hydrogen) atoms. The number of nitrogens with one attached hydrogen (secondary N) is 1. The Morgan fingerprint density at radius 3 is 2.76 bits per heavy atom. The normalized spacial score (nSPS) is 10.8. The highest BCUT2D eigenvalue weighted by Crippen LogP contribution is 2.30. The molecule has 4 heteroatoms. The molecular formula is C17H17N3O. The van der Waals surface area contributed by atoms with E-state index in [0.29, 0.717) is 6.54 Å². The van der Waals surface area contributed by atoms with Crippen LogP contribution in [0.25, 0.3) is 10.9 Å². The third-order valence-electron chi connectivity index (χ3n) is 3.27. The molecule has 1 N–H and O–H groups in total. The van der Waals surface area contributed by atoms with Crippen LogP contribution in [-0.2, 0) is 6.54 Å². The monoisotopic (exact) mass is 279 g/mol. The van der Waals surface area contributed by atoms with E-state index in [4.69, 9.17) is 4.74 Å². The minimum atomic E-state index is 0.702. The minimum absolute atomic E-state index is 0.702. The Labute approximate surface area is 123 Å². The summed E-state index contributed by atoms with van der Waals surface area (Å²) in [7, 11) is 1.91. The van der Waals surface area contributed by atoms with E-state index in [-0.39, 0.29) is 0 Å². The molecule has 0 spiro atoms. The van der Waals surface area contributed by atoms with Crippen LogP contribution in [0.15, 0.2) is 48.7 Å². The minimum Gasteiger partial charge on any atom is -0.455 e. The average Bonchev–Trinajstić information content (AvgIpc) is 2.50. The SMILES string of the molecule is CNCc1cc(Oc2cccnc2C)c2ccccc2n1. The molecule has 0 radical (unpaired) electrons. The maximum Gasteiger partial charge on any atom is 0.148 e. The van der Waals surface area contributed by atoms with Gasteiger partial charge in [0.15, 0.2) is 0 Å². The summed E-state index contributed by atoms with van der Waals surface area (Å²) in [5.74, 6) is 1.58. The van der Waals surface area contributed by atoms with Gasteiger partial charge in [0, 0.05) is 24.2 Å². The highest BCUT2D eigenvalue weighted by Gasteiger charge is 2.09. The number of nitrogens with zero attached hydrogens (tertiary/aromatic N) is 2. The molecular weight excluding hydrogens is 262 g/mol. The summed E-state index contributed by atoms with van der Waals surface area (Å²) in [6.45, 7) is 2.64. The van der Waals surface area contributed by atoms with Crippen LogP contribution in [0, 0.1) is 6.92 Å². The lowest BCUT2D eigenvalue weighted by Gasteiger charge is -2.12. The van der Waals surface area contributed by atoms with Crippen molar-refractivity contribution in [3.05, 3.63) is 60.0 Å². The molecule has 2 aromatic heterocycles. The van der Waals surface area contributed by atoms with E-state index in [1.54, 1.807) is 6.20 Å². The van der Waals surface area contributed by atoms with E-state index in [2.05, 4.69) is 15.3 Å². The van der Waals surface area contributed by atoms with Gasteiger partial charge in [-0.25, -0.2) is 0 Å². The van der Waals surface area contributed by atoms with Crippen LogP contribution in [0.5, 0.6) is 11.5 Å². The van der Waals surface area contributed by atoms with Crippen molar-refractivity contribution in [3.8, 4) is 11.5 Å². The molecule has 0 aliphatic rings. The summed E-state index contributed by atoms with van der Waals surface area (Å²) >= 11 is 0. The number of ether oxygens (including phenoxy) is 1. The van der Waals surface area contributed by atoms with Crippen molar-refractivity contribution in [2.24, 2.45) is 0 Å². The lowest BCUT2D eigenvalue weighted by atomic mass is 10.2. The number of pyridine rings is 2. The molecule has 1 aromatic carbocycles. The Bertz CT molecular complexity index is 771. The van der Waals surface area contributed by atoms with Gasteiger partial charge in [0.05, 0.1) is 16.9 Å². The molecule has 0 amide bonds. The van der Waals surface area contributed by atoms with Gasteiger partial charge < -0.3 is 10.1 Å². The van der Waals surface area contributed by atoms with Gasteiger partial charge in [-0.15, -0.1) is 0 Å². The van der Waals surface area contributed by atoms with Crippen LogP contribution in [0.4, 0.5) is 0 Å². The van der Waals surface area contributed by atoms with Crippen LogP contribution in [-0.4, -0.2) is 17.0 Å². The van der Waals surface area contributed by atoms with Gasteiger partial charge in [0.2, 0.25) is 0 Å². The van der Waals surface area contributed by atoms with E-state index >= 15 is 0 Å². The van der Waals surface area contributed by atoms with Crippen molar-refractivity contribution in [3.63, 3.8) is 0 Å². The smallest absolute Gasteiger partial charge is 0.148 e. The van der Waals surface area contributed by atoms with Crippen LogP contribution < -0.4 is 10.1 Å². The highest BCUT2D eigenvalue weighted by molar-refractivity contribution is 5.85. The topological polar surface area (TPSA) is 47.0 Å². The number of rotatable bonds is 4. The van der Waals surface area contributed by atoms with Crippen molar-refractivity contribution in [1.82, 2.24) is 15.3 Å². The molecule has 0 bridgehead atoms. The quantitative estimate of drug-likeness (QED) is 0.794. The zero-order valence-corrected chi connectivity index (χ0v) is 12.1. The standard InChI is InChI=1S/C17H17N3O/c1-12-16(8-5-9-19-12)21-17-10-13(11-18-2)20-15-7-4-3-6-14(15)17/h3-10,18H,11H2,1-2H3. The number of hydrogen-bond acceptors (Lipinski definition) is 4. The summed E-state index contributed by atoms with van der Waals surface area (Å²) < 4.78 is 6.08. The third-order valence-corrected chi connectivity index (χ3v) is 3.27. The summed E-state index contributed by atoms with van der Waals surface area (Å²) in [4.78, 5) is 8.89. The van der Waals surface area contributed by atoms with Crippen molar-refractivity contribution >= 4 is 10.9 Å². The van der Waals surface area contributed by atoms with Crippen molar-refractivity contribution in [1.29, 1.82) is 0 Å². The van der Waals surface area contributed by atoms with Crippen LogP contribution >= 0.6 is 0 Å². The summed E-state index contributed by atoms with van der Waals surface area (Å²) in [5.41, 5.74) is 2.75. The lowest BCUT2D eigenvalue weighted by molar-refractivity contribution is 0.479. The first-order chi connectivity index (χ1) is 10.3. The number of benzene rings is 1. The highest BCUT2D eigenvalue weighted by atomic mass is 16.5. The predicted molar refractivity (Wildman–Crippen MR) is 83.6 cm³/mol. The molecule has 2 heterocycles.